The Labute approximate surface area is 196 Å². The number of carbonyl (C=O) groups is 1. The van der Waals surface area contributed by atoms with Crippen molar-refractivity contribution in [3.63, 3.8) is 0 Å². The van der Waals surface area contributed by atoms with E-state index in [0.717, 1.165) is 46.7 Å². The van der Waals surface area contributed by atoms with Crippen LogP contribution in [0.25, 0.3) is 0 Å². The maximum atomic E-state index is 12.7. The van der Waals surface area contributed by atoms with Crippen molar-refractivity contribution in [1.82, 2.24) is 15.0 Å². The summed E-state index contributed by atoms with van der Waals surface area (Å²) in [4.78, 5) is 25.7. The zero-order chi connectivity index (χ0) is 22.6. The summed E-state index contributed by atoms with van der Waals surface area (Å²) in [5, 5.41) is 9.97. The summed E-state index contributed by atoms with van der Waals surface area (Å²) in [5.41, 5.74) is 5.41. The lowest BCUT2D eigenvalue weighted by Crippen LogP contribution is -2.16. The van der Waals surface area contributed by atoms with Crippen LogP contribution in [-0.4, -0.2) is 20.9 Å². The number of aryl methyl sites for hydroxylation is 2. The lowest BCUT2D eigenvalue weighted by Gasteiger charge is -2.14. The largest absolute Gasteiger partial charge is 0.339 e. The highest BCUT2D eigenvalue weighted by Crippen LogP contribution is 2.29. The SMILES string of the molecule is O=C(Cc1ccccn1)Nc1ccc2cc1CCc1cccc(c1)Nc1ncc(Cl)c(n1)N2. The van der Waals surface area contributed by atoms with Gasteiger partial charge < -0.3 is 16.0 Å². The Hall–Kier alpha value is -3.97. The normalized spacial score (nSPS) is 12.3. The molecule has 0 fully saturated rings. The van der Waals surface area contributed by atoms with Crippen LogP contribution in [0.15, 0.2) is 73.1 Å². The van der Waals surface area contributed by atoms with Crippen molar-refractivity contribution < 1.29 is 4.79 Å². The fourth-order valence-corrected chi connectivity index (χ4v) is 3.86. The minimum Gasteiger partial charge on any atom is -0.339 e. The highest BCUT2D eigenvalue weighted by molar-refractivity contribution is 6.32. The molecule has 164 valence electrons. The molecule has 3 N–H and O–H groups in total. The van der Waals surface area contributed by atoms with Crippen LogP contribution in [0, 0.1) is 0 Å². The van der Waals surface area contributed by atoms with Gasteiger partial charge in [0.05, 0.1) is 12.6 Å². The van der Waals surface area contributed by atoms with E-state index in [9.17, 15) is 4.79 Å². The summed E-state index contributed by atoms with van der Waals surface area (Å²) in [5.74, 6) is 0.850. The smallest absolute Gasteiger partial charge is 0.230 e. The highest BCUT2D eigenvalue weighted by Gasteiger charge is 2.13. The van der Waals surface area contributed by atoms with Gasteiger partial charge >= 0.3 is 0 Å². The summed E-state index contributed by atoms with van der Waals surface area (Å²) in [7, 11) is 0. The van der Waals surface area contributed by atoms with E-state index >= 15 is 0 Å². The average Bonchev–Trinajstić information content (AvgIpc) is 2.82. The Balaban J connectivity index is 1.47. The molecule has 0 saturated carbocycles. The van der Waals surface area contributed by atoms with Gasteiger partial charge in [-0.15, -0.1) is 0 Å². The van der Waals surface area contributed by atoms with Crippen LogP contribution in [-0.2, 0) is 24.1 Å². The molecule has 0 spiro atoms. The van der Waals surface area contributed by atoms with Gasteiger partial charge in [-0.2, -0.15) is 4.98 Å². The predicted octanol–water partition coefficient (Wildman–Crippen LogP) is 5.29. The third kappa shape index (κ3) is 5.10. The summed E-state index contributed by atoms with van der Waals surface area (Å²) < 4.78 is 0. The Morgan fingerprint density at radius 3 is 2.76 bits per heavy atom. The molecule has 2 aromatic carbocycles. The lowest BCUT2D eigenvalue weighted by molar-refractivity contribution is -0.115. The van der Waals surface area contributed by atoms with Gasteiger partial charge in [-0.05, 0) is 66.4 Å². The van der Waals surface area contributed by atoms with E-state index in [1.165, 1.54) is 0 Å². The Morgan fingerprint density at radius 1 is 0.970 bits per heavy atom. The van der Waals surface area contributed by atoms with Gasteiger partial charge in [-0.25, -0.2) is 4.98 Å². The molecule has 4 aromatic rings. The van der Waals surface area contributed by atoms with Crippen molar-refractivity contribution in [3.8, 4) is 0 Å². The first kappa shape index (κ1) is 20.9. The van der Waals surface area contributed by atoms with Crippen molar-refractivity contribution in [2.75, 3.05) is 16.0 Å². The molecule has 8 heteroatoms. The molecule has 0 atom stereocenters. The number of hydrogen-bond acceptors (Lipinski definition) is 6. The van der Waals surface area contributed by atoms with E-state index in [1.54, 1.807) is 12.4 Å². The quantitative estimate of drug-likeness (QED) is 0.388. The molecule has 1 aliphatic rings. The summed E-state index contributed by atoms with van der Waals surface area (Å²) in [6, 6.07) is 19.5. The number of hydrogen-bond donors (Lipinski definition) is 3. The fraction of sp³-hybridized carbons (Fsp3) is 0.120. The minimum absolute atomic E-state index is 0.108. The maximum absolute atomic E-state index is 12.7. The van der Waals surface area contributed by atoms with E-state index in [2.05, 4.69) is 43.0 Å². The second kappa shape index (κ2) is 9.26. The van der Waals surface area contributed by atoms with Crippen molar-refractivity contribution in [2.45, 2.75) is 19.3 Å². The molecule has 33 heavy (non-hydrogen) atoms. The summed E-state index contributed by atoms with van der Waals surface area (Å²) in [6.45, 7) is 0. The van der Waals surface area contributed by atoms with E-state index in [-0.39, 0.29) is 12.3 Å². The number of halogens is 1. The third-order valence-corrected chi connectivity index (χ3v) is 5.60. The van der Waals surface area contributed by atoms with Crippen LogP contribution in [0.5, 0.6) is 0 Å². The molecule has 1 aliphatic heterocycles. The van der Waals surface area contributed by atoms with Crippen molar-refractivity contribution >= 4 is 46.3 Å². The Bertz CT molecular complexity index is 1310. The van der Waals surface area contributed by atoms with Gasteiger partial charge in [-0.1, -0.05) is 29.8 Å². The number of nitrogens with one attached hydrogen (secondary N) is 3. The van der Waals surface area contributed by atoms with Gasteiger partial charge in [0, 0.05) is 29.0 Å². The molecule has 6 bridgehead atoms. The number of amides is 1. The topological polar surface area (TPSA) is 91.8 Å². The fourth-order valence-electron chi connectivity index (χ4n) is 3.73. The van der Waals surface area contributed by atoms with Gasteiger partial charge in [0.1, 0.15) is 5.02 Å². The van der Waals surface area contributed by atoms with Crippen molar-refractivity contribution in [2.24, 2.45) is 0 Å². The first-order valence-corrected chi connectivity index (χ1v) is 11.0. The third-order valence-electron chi connectivity index (χ3n) is 5.32. The highest BCUT2D eigenvalue weighted by atomic mass is 35.5. The van der Waals surface area contributed by atoms with Crippen molar-refractivity contribution in [3.05, 3.63) is 94.9 Å². The molecule has 3 heterocycles. The van der Waals surface area contributed by atoms with Gasteiger partial charge in [0.15, 0.2) is 5.82 Å². The van der Waals surface area contributed by atoms with Crippen LogP contribution in [0.3, 0.4) is 0 Å². The number of fused-ring (bicyclic) bond motifs is 6. The molecule has 2 aromatic heterocycles. The number of anilines is 5. The van der Waals surface area contributed by atoms with E-state index in [1.807, 2.05) is 48.5 Å². The summed E-state index contributed by atoms with van der Waals surface area (Å²) in [6.07, 6.45) is 5.02. The van der Waals surface area contributed by atoms with E-state index in [0.29, 0.717) is 16.8 Å². The van der Waals surface area contributed by atoms with Gasteiger partial charge in [0.2, 0.25) is 11.9 Å². The Kier molecular flexibility index (Phi) is 5.87. The second-order valence-electron chi connectivity index (χ2n) is 7.76. The lowest BCUT2D eigenvalue weighted by atomic mass is 10.0. The van der Waals surface area contributed by atoms with Gasteiger partial charge in [-0.3, -0.25) is 9.78 Å². The number of pyridine rings is 1. The number of rotatable bonds is 3. The Morgan fingerprint density at radius 2 is 1.88 bits per heavy atom. The van der Waals surface area contributed by atoms with Crippen LogP contribution < -0.4 is 16.0 Å². The molecular formula is C25H21ClN6O. The number of nitrogens with zero attached hydrogens (tertiary/aromatic N) is 3. The first-order chi connectivity index (χ1) is 16.1. The molecule has 0 radical (unpaired) electrons. The molecule has 7 nitrogen and oxygen atoms in total. The van der Waals surface area contributed by atoms with Crippen LogP contribution >= 0.6 is 11.6 Å². The van der Waals surface area contributed by atoms with E-state index < -0.39 is 0 Å². The van der Waals surface area contributed by atoms with E-state index in [4.69, 9.17) is 11.6 Å². The second-order valence-corrected chi connectivity index (χ2v) is 8.17. The molecule has 1 amide bonds. The molecule has 5 rings (SSSR count). The molecular weight excluding hydrogens is 436 g/mol. The van der Waals surface area contributed by atoms with Crippen molar-refractivity contribution in [1.29, 1.82) is 0 Å². The summed E-state index contributed by atoms with van der Waals surface area (Å²) >= 11 is 6.33. The molecule has 0 unspecified atom stereocenters. The number of benzene rings is 2. The van der Waals surface area contributed by atoms with Crippen LogP contribution in [0.4, 0.5) is 28.8 Å². The molecule has 0 saturated heterocycles. The number of aromatic nitrogens is 3. The monoisotopic (exact) mass is 456 g/mol. The van der Waals surface area contributed by atoms with Crippen LogP contribution in [0.2, 0.25) is 5.02 Å². The zero-order valence-corrected chi connectivity index (χ0v) is 18.4. The maximum Gasteiger partial charge on any atom is 0.230 e. The first-order valence-electron chi connectivity index (χ1n) is 10.6. The number of carbonyl (C=O) groups excluding carboxylic acids is 1. The van der Waals surface area contributed by atoms with Crippen LogP contribution in [0.1, 0.15) is 16.8 Å². The van der Waals surface area contributed by atoms with Gasteiger partial charge in [0.25, 0.3) is 0 Å². The predicted molar refractivity (Wildman–Crippen MR) is 130 cm³/mol. The molecule has 0 aliphatic carbocycles. The zero-order valence-electron chi connectivity index (χ0n) is 17.7. The minimum atomic E-state index is -0.108. The standard InChI is InChI=1S/C25H21ClN6O/c26-21-15-28-25-30-19-6-3-4-16(12-19)7-8-17-13-20(29-24(21)32-25)9-10-22(17)31-23(33)14-18-5-1-2-11-27-18/h1-6,9-13,15H,7-8,14H2,(H,31,33)(H2,28,29,30,32). The average molecular weight is 457 g/mol.